The lowest BCUT2D eigenvalue weighted by Gasteiger charge is -2.13. The van der Waals surface area contributed by atoms with Crippen LogP contribution in [0.3, 0.4) is 0 Å². The first-order valence-corrected chi connectivity index (χ1v) is 7.08. The SMILES string of the molecule is COc1ccc(NC(=O)NCC(O)Cc2ccccc2)cc1. The van der Waals surface area contributed by atoms with E-state index in [2.05, 4.69) is 10.6 Å². The van der Waals surface area contributed by atoms with Gasteiger partial charge >= 0.3 is 6.03 Å². The van der Waals surface area contributed by atoms with Gasteiger partial charge in [0.15, 0.2) is 0 Å². The number of carbonyl (C=O) groups excluding carboxylic acids is 1. The zero-order valence-corrected chi connectivity index (χ0v) is 12.5. The Balaban J connectivity index is 1.74. The van der Waals surface area contributed by atoms with Crippen LogP contribution in [0.15, 0.2) is 54.6 Å². The summed E-state index contributed by atoms with van der Waals surface area (Å²) in [5.41, 5.74) is 1.70. The quantitative estimate of drug-likeness (QED) is 0.767. The Labute approximate surface area is 129 Å². The number of hydrogen-bond donors (Lipinski definition) is 3. The highest BCUT2D eigenvalue weighted by atomic mass is 16.5. The van der Waals surface area contributed by atoms with Crippen LogP contribution >= 0.6 is 0 Å². The van der Waals surface area contributed by atoms with Crippen molar-refractivity contribution in [2.24, 2.45) is 0 Å². The molecule has 1 atom stereocenters. The lowest BCUT2D eigenvalue weighted by Crippen LogP contribution is -2.36. The van der Waals surface area contributed by atoms with Gasteiger partial charge in [-0.1, -0.05) is 30.3 Å². The van der Waals surface area contributed by atoms with Crippen LogP contribution < -0.4 is 15.4 Å². The van der Waals surface area contributed by atoms with Crippen molar-refractivity contribution >= 4 is 11.7 Å². The van der Waals surface area contributed by atoms with Gasteiger partial charge in [-0.25, -0.2) is 4.79 Å². The van der Waals surface area contributed by atoms with Gasteiger partial charge in [0.05, 0.1) is 13.2 Å². The Hall–Kier alpha value is -2.53. The summed E-state index contributed by atoms with van der Waals surface area (Å²) in [7, 11) is 1.59. The number of methoxy groups -OCH3 is 1. The van der Waals surface area contributed by atoms with Gasteiger partial charge in [0, 0.05) is 18.7 Å². The predicted octanol–water partition coefficient (Wildman–Crippen LogP) is 2.42. The molecule has 22 heavy (non-hydrogen) atoms. The highest BCUT2D eigenvalue weighted by Gasteiger charge is 2.08. The van der Waals surface area contributed by atoms with Gasteiger partial charge in [-0.2, -0.15) is 0 Å². The second-order valence-electron chi connectivity index (χ2n) is 4.91. The van der Waals surface area contributed by atoms with Gasteiger partial charge in [-0.15, -0.1) is 0 Å². The van der Waals surface area contributed by atoms with Crippen molar-refractivity contribution in [3.05, 3.63) is 60.2 Å². The smallest absolute Gasteiger partial charge is 0.319 e. The van der Waals surface area contributed by atoms with Gasteiger partial charge < -0.3 is 20.5 Å². The molecule has 0 heterocycles. The predicted molar refractivity (Wildman–Crippen MR) is 86.2 cm³/mol. The number of amides is 2. The van der Waals surface area contributed by atoms with Crippen LogP contribution in [0.1, 0.15) is 5.56 Å². The minimum atomic E-state index is -0.621. The first kappa shape index (κ1) is 15.9. The van der Waals surface area contributed by atoms with E-state index in [1.807, 2.05) is 30.3 Å². The van der Waals surface area contributed by atoms with E-state index >= 15 is 0 Å². The van der Waals surface area contributed by atoms with Crippen molar-refractivity contribution in [3.63, 3.8) is 0 Å². The van der Waals surface area contributed by atoms with E-state index in [0.717, 1.165) is 11.3 Å². The maximum atomic E-state index is 11.8. The number of nitrogens with one attached hydrogen (secondary N) is 2. The molecule has 1 unspecified atom stereocenters. The average molecular weight is 300 g/mol. The highest BCUT2D eigenvalue weighted by molar-refractivity contribution is 5.89. The molecule has 2 rings (SSSR count). The van der Waals surface area contributed by atoms with E-state index < -0.39 is 6.10 Å². The normalized spacial score (nSPS) is 11.5. The molecular weight excluding hydrogens is 280 g/mol. The fourth-order valence-electron chi connectivity index (χ4n) is 2.02. The Morgan fingerprint density at radius 2 is 1.82 bits per heavy atom. The van der Waals surface area contributed by atoms with Gasteiger partial charge in [-0.3, -0.25) is 0 Å². The van der Waals surface area contributed by atoms with Crippen molar-refractivity contribution in [1.29, 1.82) is 0 Å². The number of benzene rings is 2. The van der Waals surface area contributed by atoms with Crippen molar-refractivity contribution in [3.8, 4) is 5.75 Å². The molecule has 0 aliphatic carbocycles. The maximum Gasteiger partial charge on any atom is 0.319 e. The topological polar surface area (TPSA) is 70.6 Å². The van der Waals surface area contributed by atoms with E-state index in [9.17, 15) is 9.90 Å². The minimum absolute atomic E-state index is 0.191. The van der Waals surface area contributed by atoms with Gasteiger partial charge in [0.1, 0.15) is 5.75 Å². The summed E-state index contributed by atoms with van der Waals surface area (Å²) in [5.74, 6) is 0.726. The van der Waals surface area contributed by atoms with Crippen LogP contribution in [0.2, 0.25) is 0 Å². The molecule has 2 aromatic rings. The van der Waals surface area contributed by atoms with Gasteiger partial charge in [-0.05, 0) is 29.8 Å². The molecule has 0 fully saturated rings. The molecule has 3 N–H and O–H groups in total. The Morgan fingerprint density at radius 1 is 1.14 bits per heavy atom. The van der Waals surface area contributed by atoms with Crippen LogP contribution in [0.4, 0.5) is 10.5 Å². The number of anilines is 1. The molecule has 0 radical (unpaired) electrons. The highest BCUT2D eigenvalue weighted by Crippen LogP contribution is 2.14. The van der Waals surface area contributed by atoms with Crippen molar-refractivity contribution < 1.29 is 14.6 Å². The molecular formula is C17H20N2O3. The molecule has 116 valence electrons. The number of ether oxygens (including phenoxy) is 1. The third-order valence-corrected chi connectivity index (χ3v) is 3.16. The van der Waals surface area contributed by atoms with Crippen molar-refractivity contribution in [1.82, 2.24) is 5.32 Å². The zero-order chi connectivity index (χ0) is 15.8. The Kier molecular flexibility index (Phi) is 5.80. The van der Waals surface area contributed by atoms with Crippen LogP contribution in [0.25, 0.3) is 0 Å². The zero-order valence-electron chi connectivity index (χ0n) is 12.5. The van der Waals surface area contributed by atoms with Crippen LogP contribution in [-0.2, 0) is 6.42 Å². The first-order valence-electron chi connectivity index (χ1n) is 7.08. The van der Waals surface area contributed by atoms with E-state index in [-0.39, 0.29) is 12.6 Å². The molecule has 0 spiro atoms. The summed E-state index contributed by atoms with van der Waals surface area (Å²) < 4.78 is 5.05. The summed E-state index contributed by atoms with van der Waals surface area (Å²) in [6.45, 7) is 0.191. The minimum Gasteiger partial charge on any atom is -0.497 e. The molecule has 5 heteroatoms. The monoisotopic (exact) mass is 300 g/mol. The molecule has 2 aromatic carbocycles. The number of aliphatic hydroxyl groups excluding tert-OH is 1. The second kappa shape index (κ2) is 8.05. The largest absolute Gasteiger partial charge is 0.497 e. The molecule has 0 aliphatic heterocycles. The van der Waals surface area contributed by atoms with E-state index in [0.29, 0.717) is 12.1 Å². The van der Waals surface area contributed by atoms with E-state index in [1.54, 1.807) is 31.4 Å². The summed E-state index contributed by atoms with van der Waals surface area (Å²) >= 11 is 0. The van der Waals surface area contributed by atoms with Crippen molar-refractivity contribution in [2.75, 3.05) is 19.0 Å². The molecule has 0 saturated carbocycles. The summed E-state index contributed by atoms with van der Waals surface area (Å²) in [4.78, 5) is 11.8. The van der Waals surface area contributed by atoms with Crippen LogP contribution in [0, 0.1) is 0 Å². The van der Waals surface area contributed by atoms with Crippen LogP contribution in [-0.4, -0.2) is 30.9 Å². The van der Waals surface area contributed by atoms with Gasteiger partial charge in [0.25, 0.3) is 0 Å². The number of hydrogen-bond acceptors (Lipinski definition) is 3. The molecule has 0 aromatic heterocycles. The molecule has 5 nitrogen and oxygen atoms in total. The molecule has 2 amide bonds. The second-order valence-corrected chi connectivity index (χ2v) is 4.91. The third-order valence-electron chi connectivity index (χ3n) is 3.16. The number of urea groups is 1. The summed E-state index contributed by atoms with van der Waals surface area (Å²) in [5, 5.41) is 15.3. The fourth-order valence-corrected chi connectivity index (χ4v) is 2.02. The van der Waals surface area contributed by atoms with E-state index in [4.69, 9.17) is 4.74 Å². The number of aliphatic hydroxyl groups is 1. The summed E-state index contributed by atoms with van der Waals surface area (Å²) in [6, 6.07) is 16.3. The first-order chi connectivity index (χ1) is 10.7. The number of rotatable bonds is 6. The van der Waals surface area contributed by atoms with Gasteiger partial charge in [0.2, 0.25) is 0 Å². The van der Waals surface area contributed by atoms with Crippen molar-refractivity contribution in [2.45, 2.75) is 12.5 Å². The summed E-state index contributed by atoms with van der Waals surface area (Å²) in [6.07, 6.45) is -0.118. The molecule has 0 bridgehead atoms. The van der Waals surface area contributed by atoms with Crippen LogP contribution in [0.5, 0.6) is 5.75 Å². The molecule has 0 saturated heterocycles. The fraction of sp³-hybridized carbons (Fsp3) is 0.235. The average Bonchev–Trinajstić information content (AvgIpc) is 2.55. The Morgan fingerprint density at radius 3 is 2.45 bits per heavy atom. The lowest BCUT2D eigenvalue weighted by atomic mass is 10.1. The standard InChI is InChI=1S/C17H20N2O3/c1-22-16-9-7-14(8-10-16)19-17(21)18-12-15(20)11-13-5-3-2-4-6-13/h2-10,15,20H,11-12H2,1H3,(H2,18,19,21). The third kappa shape index (κ3) is 5.10. The lowest BCUT2D eigenvalue weighted by molar-refractivity contribution is 0.172. The number of carbonyl (C=O) groups is 1. The maximum absolute atomic E-state index is 11.8. The van der Waals surface area contributed by atoms with E-state index in [1.165, 1.54) is 0 Å². The Bertz CT molecular complexity index is 585. The molecule has 0 aliphatic rings.